The Bertz CT molecular complexity index is 1070. The molecule has 0 N–H and O–H groups in total. The van der Waals surface area contributed by atoms with Crippen LogP contribution < -0.4 is 5.63 Å². The highest BCUT2D eigenvalue weighted by Gasteiger charge is 2.13. The van der Waals surface area contributed by atoms with Crippen molar-refractivity contribution in [3.8, 4) is 11.3 Å². The van der Waals surface area contributed by atoms with E-state index >= 15 is 0 Å². The van der Waals surface area contributed by atoms with Crippen molar-refractivity contribution in [1.29, 1.82) is 0 Å². The molecule has 0 aliphatic carbocycles. The molecule has 0 spiro atoms. The Balaban J connectivity index is 1.97. The molecule has 0 fully saturated rings. The average Bonchev–Trinajstić information content (AvgIpc) is 2.89. The second-order valence-corrected chi connectivity index (χ2v) is 5.64. The summed E-state index contributed by atoms with van der Waals surface area (Å²) in [4.78, 5) is 12.3. The molecule has 3 nitrogen and oxygen atoms in total. The molecule has 4 rings (SSSR count). The Morgan fingerprint density at radius 2 is 1.32 bits per heavy atom. The van der Waals surface area contributed by atoms with Gasteiger partial charge in [-0.05, 0) is 49.2 Å². The molecule has 0 saturated heterocycles. The van der Waals surface area contributed by atoms with Crippen molar-refractivity contribution < 1.29 is 8.83 Å². The van der Waals surface area contributed by atoms with E-state index < -0.39 is 0 Å². The molecule has 3 heteroatoms. The number of benzene rings is 2. The summed E-state index contributed by atoms with van der Waals surface area (Å²) in [5.41, 5.74) is 3.62. The maximum absolute atomic E-state index is 12.3. The smallest absolute Gasteiger partial charge is 0.347 e. The summed E-state index contributed by atoms with van der Waals surface area (Å²) < 4.78 is 11.3. The van der Waals surface area contributed by atoms with Gasteiger partial charge in [-0.2, -0.15) is 0 Å². The average molecular weight is 290 g/mol. The van der Waals surface area contributed by atoms with Crippen LogP contribution >= 0.6 is 0 Å². The molecule has 0 unspecified atom stereocenters. The van der Waals surface area contributed by atoms with E-state index in [1.807, 2.05) is 62.4 Å². The van der Waals surface area contributed by atoms with Gasteiger partial charge in [-0.1, -0.05) is 24.3 Å². The lowest BCUT2D eigenvalue weighted by atomic mass is 10.1. The molecular formula is C19H14O3. The van der Waals surface area contributed by atoms with Gasteiger partial charge in [0.1, 0.15) is 22.5 Å². The predicted octanol–water partition coefficient (Wildman–Crippen LogP) is 4.82. The zero-order valence-corrected chi connectivity index (χ0v) is 12.3. The van der Waals surface area contributed by atoms with E-state index in [9.17, 15) is 4.79 Å². The van der Waals surface area contributed by atoms with Gasteiger partial charge in [-0.3, -0.25) is 0 Å². The Kier molecular flexibility index (Phi) is 2.70. The summed E-state index contributed by atoms with van der Waals surface area (Å²) in [6, 6.07) is 15.5. The van der Waals surface area contributed by atoms with E-state index in [0.29, 0.717) is 16.9 Å². The molecule has 2 aromatic carbocycles. The highest BCUT2D eigenvalue weighted by molar-refractivity contribution is 5.86. The van der Waals surface area contributed by atoms with Crippen molar-refractivity contribution in [3.63, 3.8) is 0 Å². The predicted molar refractivity (Wildman–Crippen MR) is 87.2 cm³/mol. The van der Waals surface area contributed by atoms with Crippen molar-refractivity contribution in [2.24, 2.45) is 0 Å². The van der Waals surface area contributed by atoms with E-state index in [2.05, 4.69) is 0 Å². The van der Waals surface area contributed by atoms with Gasteiger partial charge in [0.15, 0.2) is 0 Å². The van der Waals surface area contributed by atoms with E-state index in [1.54, 1.807) is 0 Å². The largest absolute Gasteiger partial charge is 0.456 e. The van der Waals surface area contributed by atoms with Gasteiger partial charge >= 0.3 is 5.63 Å². The standard InChI is InChI=1S/C19H14O3/c1-11-4-6-14-10-18(21-16(14)7-11)15-9-13-5-3-12(2)8-17(13)22-19(15)20/h3-10H,1-2H3. The van der Waals surface area contributed by atoms with Crippen molar-refractivity contribution in [1.82, 2.24) is 0 Å². The first-order valence-corrected chi connectivity index (χ1v) is 7.15. The lowest BCUT2D eigenvalue weighted by Gasteiger charge is -2.00. The summed E-state index contributed by atoms with van der Waals surface area (Å²) in [6.45, 7) is 3.98. The van der Waals surface area contributed by atoms with Crippen LogP contribution in [-0.4, -0.2) is 0 Å². The fourth-order valence-corrected chi connectivity index (χ4v) is 2.66. The maximum Gasteiger partial charge on any atom is 0.347 e. The molecule has 0 saturated carbocycles. The van der Waals surface area contributed by atoms with E-state index in [0.717, 1.165) is 27.5 Å². The van der Waals surface area contributed by atoms with Gasteiger partial charge in [0.05, 0.1) is 0 Å². The number of aryl methyl sites for hydroxylation is 2. The normalized spacial score (nSPS) is 11.4. The van der Waals surface area contributed by atoms with Crippen LogP contribution in [-0.2, 0) is 0 Å². The van der Waals surface area contributed by atoms with E-state index in [1.165, 1.54) is 0 Å². The molecule has 2 aromatic heterocycles. The summed E-state index contributed by atoms with van der Waals surface area (Å²) in [5.74, 6) is 0.539. The SMILES string of the molecule is Cc1ccc2cc(-c3cc4ccc(C)cc4oc3=O)oc2c1. The van der Waals surface area contributed by atoms with Gasteiger partial charge in [0.25, 0.3) is 0 Å². The van der Waals surface area contributed by atoms with Gasteiger partial charge in [0, 0.05) is 10.8 Å². The highest BCUT2D eigenvalue weighted by atomic mass is 16.4. The van der Waals surface area contributed by atoms with Crippen LogP contribution in [0, 0.1) is 13.8 Å². The lowest BCUT2D eigenvalue weighted by molar-refractivity contribution is 0.555. The minimum Gasteiger partial charge on any atom is -0.456 e. The molecule has 108 valence electrons. The minimum atomic E-state index is -0.381. The van der Waals surface area contributed by atoms with Crippen LogP contribution in [0.1, 0.15) is 11.1 Å². The van der Waals surface area contributed by atoms with Crippen LogP contribution in [0.15, 0.2) is 62.2 Å². The Morgan fingerprint density at radius 1 is 0.727 bits per heavy atom. The lowest BCUT2D eigenvalue weighted by Crippen LogP contribution is -2.01. The van der Waals surface area contributed by atoms with Crippen molar-refractivity contribution >= 4 is 21.9 Å². The molecule has 2 heterocycles. The third-order valence-electron chi connectivity index (χ3n) is 3.83. The second-order valence-electron chi connectivity index (χ2n) is 5.64. The molecule has 0 aliphatic heterocycles. The van der Waals surface area contributed by atoms with Crippen LogP contribution in [0.3, 0.4) is 0 Å². The molecule has 0 atom stereocenters. The van der Waals surface area contributed by atoms with Crippen molar-refractivity contribution in [3.05, 3.63) is 70.1 Å². The Labute approximate surface area is 126 Å². The highest BCUT2D eigenvalue weighted by Crippen LogP contribution is 2.28. The molecule has 22 heavy (non-hydrogen) atoms. The fraction of sp³-hybridized carbons (Fsp3) is 0.105. The monoisotopic (exact) mass is 290 g/mol. The number of hydrogen-bond acceptors (Lipinski definition) is 3. The molecular weight excluding hydrogens is 276 g/mol. The summed E-state index contributed by atoms with van der Waals surface area (Å²) in [5, 5.41) is 1.86. The van der Waals surface area contributed by atoms with Gasteiger partial charge < -0.3 is 8.83 Å². The zero-order chi connectivity index (χ0) is 15.3. The molecule has 0 aliphatic rings. The first-order chi connectivity index (χ1) is 10.6. The first kappa shape index (κ1) is 12.9. The second kappa shape index (κ2) is 4.60. The van der Waals surface area contributed by atoms with Gasteiger partial charge in [-0.15, -0.1) is 0 Å². The van der Waals surface area contributed by atoms with E-state index in [-0.39, 0.29) is 5.63 Å². The third kappa shape index (κ3) is 2.02. The summed E-state index contributed by atoms with van der Waals surface area (Å²) in [7, 11) is 0. The van der Waals surface area contributed by atoms with Crippen LogP contribution in [0.2, 0.25) is 0 Å². The van der Waals surface area contributed by atoms with Crippen LogP contribution in [0.4, 0.5) is 0 Å². The molecule has 0 radical (unpaired) electrons. The Hall–Kier alpha value is -2.81. The number of furan rings is 1. The third-order valence-corrected chi connectivity index (χ3v) is 3.83. The van der Waals surface area contributed by atoms with E-state index in [4.69, 9.17) is 8.83 Å². The van der Waals surface area contributed by atoms with Crippen molar-refractivity contribution in [2.45, 2.75) is 13.8 Å². The maximum atomic E-state index is 12.3. The number of hydrogen-bond donors (Lipinski definition) is 0. The topological polar surface area (TPSA) is 43.4 Å². The Morgan fingerprint density at radius 3 is 2.00 bits per heavy atom. The molecule has 4 aromatic rings. The fourth-order valence-electron chi connectivity index (χ4n) is 2.66. The quantitative estimate of drug-likeness (QED) is 0.472. The minimum absolute atomic E-state index is 0.381. The number of rotatable bonds is 1. The summed E-state index contributed by atoms with van der Waals surface area (Å²) >= 11 is 0. The summed E-state index contributed by atoms with van der Waals surface area (Å²) in [6.07, 6.45) is 0. The van der Waals surface area contributed by atoms with Crippen molar-refractivity contribution in [2.75, 3.05) is 0 Å². The van der Waals surface area contributed by atoms with Crippen LogP contribution in [0.25, 0.3) is 33.3 Å². The van der Waals surface area contributed by atoms with Crippen LogP contribution in [0.5, 0.6) is 0 Å². The zero-order valence-electron chi connectivity index (χ0n) is 12.3. The molecule has 0 bridgehead atoms. The molecule has 0 amide bonds. The number of fused-ring (bicyclic) bond motifs is 2. The van der Waals surface area contributed by atoms with Gasteiger partial charge in [0.2, 0.25) is 0 Å². The van der Waals surface area contributed by atoms with Gasteiger partial charge in [-0.25, -0.2) is 4.79 Å². The first-order valence-electron chi connectivity index (χ1n) is 7.15.